The molecule has 1 aromatic carbocycles. The minimum atomic E-state index is 0.693. The highest BCUT2D eigenvalue weighted by Crippen LogP contribution is 2.26. The van der Waals surface area contributed by atoms with Gasteiger partial charge in [0.25, 0.3) is 0 Å². The Balaban J connectivity index is 2.18. The molecule has 2 rings (SSSR count). The summed E-state index contributed by atoms with van der Waals surface area (Å²) in [6, 6.07) is 6.01. The van der Waals surface area contributed by atoms with Crippen molar-refractivity contribution in [3.8, 4) is 0 Å². The highest BCUT2D eigenvalue weighted by molar-refractivity contribution is 9.10. The molecule has 2 aromatic rings. The maximum atomic E-state index is 6.22. The van der Waals surface area contributed by atoms with Crippen LogP contribution in [0.2, 0.25) is 5.02 Å². The monoisotopic (exact) mass is 341 g/mol. The summed E-state index contributed by atoms with van der Waals surface area (Å²) in [6.45, 7) is 7.66. The number of hydrogen-bond acceptors (Lipinski definition) is 2. The fourth-order valence-corrected chi connectivity index (χ4v) is 2.71. The van der Waals surface area contributed by atoms with Gasteiger partial charge < -0.3 is 5.32 Å². The van der Waals surface area contributed by atoms with Gasteiger partial charge in [0.15, 0.2) is 0 Å². The van der Waals surface area contributed by atoms with Crippen molar-refractivity contribution in [2.75, 3.05) is 5.32 Å². The molecule has 0 atom stereocenters. The number of rotatable bonds is 4. The van der Waals surface area contributed by atoms with E-state index in [0.717, 1.165) is 38.7 Å². The molecule has 1 aromatic heterocycles. The number of aryl methyl sites for hydroxylation is 3. The molecule has 0 saturated carbocycles. The molecule has 0 bridgehead atoms. The third-order valence-electron chi connectivity index (χ3n) is 3.02. The maximum absolute atomic E-state index is 6.22. The van der Waals surface area contributed by atoms with Crippen LogP contribution in [0.4, 0.5) is 5.69 Å². The molecule has 0 aliphatic carbocycles. The van der Waals surface area contributed by atoms with Gasteiger partial charge in [-0.1, -0.05) is 17.7 Å². The Hall–Kier alpha value is -1.00. The summed E-state index contributed by atoms with van der Waals surface area (Å²) in [7, 11) is 0. The summed E-state index contributed by atoms with van der Waals surface area (Å²) in [5.74, 6) is 0. The highest BCUT2D eigenvalue weighted by atomic mass is 79.9. The second-order valence-electron chi connectivity index (χ2n) is 4.50. The predicted octanol–water partition coefficient (Wildman–Crippen LogP) is 4.55. The van der Waals surface area contributed by atoms with E-state index in [1.807, 2.05) is 36.7 Å². The molecule has 0 amide bonds. The Morgan fingerprint density at radius 3 is 2.74 bits per heavy atom. The van der Waals surface area contributed by atoms with Crippen molar-refractivity contribution in [1.82, 2.24) is 9.78 Å². The van der Waals surface area contributed by atoms with Gasteiger partial charge in [-0.05, 0) is 54.4 Å². The lowest BCUT2D eigenvalue weighted by atomic mass is 10.2. The third-order valence-corrected chi connectivity index (χ3v) is 4.37. The van der Waals surface area contributed by atoms with E-state index in [4.69, 9.17) is 11.6 Å². The van der Waals surface area contributed by atoms with Crippen molar-refractivity contribution in [3.05, 3.63) is 44.6 Å². The summed E-state index contributed by atoms with van der Waals surface area (Å²) in [6.07, 6.45) is 0. The second kappa shape index (κ2) is 5.97. The lowest BCUT2D eigenvalue weighted by Crippen LogP contribution is -2.08. The van der Waals surface area contributed by atoms with Gasteiger partial charge >= 0.3 is 0 Å². The molecule has 0 radical (unpaired) electrons. The number of nitrogens with one attached hydrogen (secondary N) is 1. The molecule has 0 aliphatic heterocycles. The van der Waals surface area contributed by atoms with Crippen LogP contribution in [0.15, 0.2) is 22.7 Å². The van der Waals surface area contributed by atoms with E-state index in [0.29, 0.717) is 6.54 Å². The van der Waals surface area contributed by atoms with Crippen molar-refractivity contribution < 1.29 is 0 Å². The van der Waals surface area contributed by atoms with E-state index in [1.165, 1.54) is 0 Å². The molecule has 0 fully saturated rings. The largest absolute Gasteiger partial charge is 0.378 e. The number of halogens is 2. The van der Waals surface area contributed by atoms with Gasteiger partial charge in [-0.15, -0.1) is 0 Å². The Labute approximate surface area is 127 Å². The SMILES string of the molecule is CCn1nc(C)c(Br)c1CNc1ccc(C)cc1Cl. The summed E-state index contributed by atoms with van der Waals surface area (Å²) in [5.41, 5.74) is 4.25. The van der Waals surface area contributed by atoms with E-state index < -0.39 is 0 Å². The minimum absolute atomic E-state index is 0.693. The van der Waals surface area contributed by atoms with Crippen molar-refractivity contribution in [2.45, 2.75) is 33.9 Å². The van der Waals surface area contributed by atoms with Gasteiger partial charge in [-0.2, -0.15) is 5.10 Å². The molecule has 3 nitrogen and oxygen atoms in total. The first-order valence-electron chi connectivity index (χ1n) is 6.24. The van der Waals surface area contributed by atoms with Crippen molar-refractivity contribution in [1.29, 1.82) is 0 Å². The average Bonchev–Trinajstić information content (AvgIpc) is 2.65. The number of aromatic nitrogens is 2. The fourth-order valence-electron chi connectivity index (χ4n) is 1.98. The standard InChI is InChI=1S/C14H17BrClN3/c1-4-19-13(14(15)10(3)18-19)8-17-12-6-5-9(2)7-11(12)16/h5-7,17H,4,8H2,1-3H3. The van der Waals surface area contributed by atoms with E-state index >= 15 is 0 Å². The minimum Gasteiger partial charge on any atom is -0.378 e. The van der Waals surface area contributed by atoms with Crippen LogP contribution in [0, 0.1) is 13.8 Å². The molecule has 5 heteroatoms. The van der Waals surface area contributed by atoms with Crippen LogP contribution in [-0.2, 0) is 13.1 Å². The summed E-state index contributed by atoms with van der Waals surface area (Å²) < 4.78 is 3.05. The fraction of sp³-hybridized carbons (Fsp3) is 0.357. The molecule has 102 valence electrons. The molecule has 0 spiro atoms. The van der Waals surface area contributed by atoms with Gasteiger partial charge in [0, 0.05) is 6.54 Å². The first-order valence-corrected chi connectivity index (χ1v) is 7.41. The maximum Gasteiger partial charge on any atom is 0.0739 e. The van der Waals surface area contributed by atoms with Crippen LogP contribution in [-0.4, -0.2) is 9.78 Å². The molecular weight excluding hydrogens is 326 g/mol. The lowest BCUT2D eigenvalue weighted by molar-refractivity contribution is 0.622. The summed E-state index contributed by atoms with van der Waals surface area (Å²) in [5, 5.41) is 8.58. The number of anilines is 1. The normalized spacial score (nSPS) is 10.8. The van der Waals surface area contributed by atoms with Crippen LogP contribution in [0.3, 0.4) is 0 Å². The van der Waals surface area contributed by atoms with E-state index in [2.05, 4.69) is 33.3 Å². The zero-order chi connectivity index (χ0) is 14.0. The van der Waals surface area contributed by atoms with E-state index in [1.54, 1.807) is 0 Å². The van der Waals surface area contributed by atoms with Crippen LogP contribution in [0.5, 0.6) is 0 Å². The van der Waals surface area contributed by atoms with Crippen molar-refractivity contribution in [2.24, 2.45) is 0 Å². The van der Waals surface area contributed by atoms with Gasteiger partial charge in [0.05, 0.1) is 33.1 Å². The molecule has 0 aliphatic rings. The lowest BCUT2D eigenvalue weighted by Gasteiger charge is -2.10. The van der Waals surface area contributed by atoms with E-state index in [9.17, 15) is 0 Å². The first-order chi connectivity index (χ1) is 9.02. The highest BCUT2D eigenvalue weighted by Gasteiger charge is 2.12. The Morgan fingerprint density at radius 2 is 2.11 bits per heavy atom. The van der Waals surface area contributed by atoms with Crippen LogP contribution in [0.25, 0.3) is 0 Å². The number of nitrogens with zero attached hydrogens (tertiary/aromatic N) is 2. The Kier molecular flexibility index (Phi) is 4.53. The quantitative estimate of drug-likeness (QED) is 0.883. The van der Waals surface area contributed by atoms with Gasteiger partial charge in [0.2, 0.25) is 0 Å². The second-order valence-corrected chi connectivity index (χ2v) is 5.70. The molecule has 0 unspecified atom stereocenters. The summed E-state index contributed by atoms with van der Waals surface area (Å²) in [4.78, 5) is 0. The molecule has 19 heavy (non-hydrogen) atoms. The van der Waals surface area contributed by atoms with Crippen molar-refractivity contribution >= 4 is 33.2 Å². The Bertz CT molecular complexity index is 593. The zero-order valence-electron chi connectivity index (χ0n) is 11.3. The average molecular weight is 343 g/mol. The summed E-state index contributed by atoms with van der Waals surface area (Å²) >= 11 is 9.81. The van der Waals surface area contributed by atoms with Crippen molar-refractivity contribution in [3.63, 3.8) is 0 Å². The molecule has 1 N–H and O–H groups in total. The zero-order valence-corrected chi connectivity index (χ0v) is 13.6. The van der Waals surface area contributed by atoms with E-state index in [-0.39, 0.29) is 0 Å². The van der Waals surface area contributed by atoms with Gasteiger partial charge in [-0.25, -0.2) is 0 Å². The molecule has 0 saturated heterocycles. The molecule has 1 heterocycles. The predicted molar refractivity (Wildman–Crippen MR) is 83.9 cm³/mol. The van der Waals surface area contributed by atoms with Crippen LogP contribution in [0.1, 0.15) is 23.9 Å². The topological polar surface area (TPSA) is 29.9 Å². The number of hydrogen-bond donors (Lipinski definition) is 1. The Morgan fingerprint density at radius 1 is 1.37 bits per heavy atom. The van der Waals surface area contributed by atoms with Gasteiger partial charge in [-0.3, -0.25) is 4.68 Å². The van der Waals surface area contributed by atoms with Crippen LogP contribution >= 0.6 is 27.5 Å². The number of benzene rings is 1. The van der Waals surface area contributed by atoms with Gasteiger partial charge in [0.1, 0.15) is 0 Å². The van der Waals surface area contributed by atoms with Crippen LogP contribution < -0.4 is 5.32 Å². The molecular formula is C14H17BrClN3. The smallest absolute Gasteiger partial charge is 0.0739 e. The first kappa shape index (κ1) is 14.4. The third kappa shape index (κ3) is 3.12.